The molecule has 3 rings (SSSR count). The summed E-state index contributed by atoms with van der Waals surface area (Å²) in [5, 5.41) is 0. The molecule has 146 valence electrons. The Bertz CT molecular complexity index is 822. The predicted octanol–water partition coefficient (Wildman–Crippen LogP) is 4.24. The maximum Gasteiger partial charge on any atom is 0.410 e. The van der Waals surface area contributed by atoms with Gasteiger partial charge in [0.1, 0.15) is 0 Å². The third-order valence-corrected chi connectivity index (χ3v) is 4.19. The Labute approximate surface area is 173 Å². The molecule has 2 N–H and O–H groups in total. The molecule has 0 fully saturated rings. The highest BCUT2D eigenvalue weighted by atomic mass is 35.5. The third-order valence-electron chi connectivity index (χ3n) is 4.19. The average molecular weight is 397 g/mol. The minimum atomic E-state index is -0.355. The van der Waals surface area contributed by atoms with Gasteiger partial charge in [0.25, 0.3) is 0 Å². The van der Waals surface area contributed by atoms with Crippen LogP contribution in [0.25, 0.3) is 11.1 Å². The molecule has 2 aromatic carbocycles. The Hall–Kier alpha value is -2.92. The van der Waals surface area contributed by atoms with Crippen molar-refractivity contribution in [3.8, 4) is 35.8 Å². The second-order valence-corrected chi connectivity index (χ2v) is 6.06. The zero-order valence-corrected chi connectivity index (χ0v) is 16.7. The van der Waals surface area contributed by atoms with E-state index in [2.05, 4.69) is 24.0 Å². The Morgan fingerprint density at radius 1 is 1.04 bits per heavy atom. The van der Waals surface area contributed by atoms with Crippen LogP contribution in [0, 0.1) is 24.7 Å². The normalized spacial score (nSPS) is 10.7. The van der Waals surface area contributed by atoms with Gasteiger partial charge in [0, 0.05) is 44.1 Å². The van der Waals surface area contributed by atoms with Crippen LogP contribution in [0.5, 0.6) is 0 Å². The minimum absolute atomic E-state index is 0. The van der Waals surface area contributed by atoms with E-state index in [-0.39, 0.29) is 24.6 Å². The van der Waals surface area contributed by atoms with Crippen LogP contribution in [-0.4, -0.2) is 31.1 Å². The lowest BCUT2D eigenvalue weighted by Crippen LogP contribution is -2.29. The van der Waals surface area contributed by atoms with Crippen molar-refractivity contribution in [2.45, 2.75) is 18.9 Å². The first-order valence-electron chi connectivity index (χ1n) is 8.81. The number of fused-ring (bicyclic) bond motifs is 3. The van der Waals surface area contributed by atoms with E-state index >= 15 is 0 Å². The lowest BCUT2D eigenvalue weighted by atomic mass is 10.1. The van der Waals surface area contributed by atoms with Gasteiger partial charge in [0.05, 0.1) is 0 Å². The van der Waals surface area contributed by atoms with Crippen molar-refractivity contribution in [2.75, 3.05) is 20.1 Å². The minimum Gasteiger partial charge on any atom is -0.436 e. The second kappa shape index (κ2) is 11.7. The number of hydrogen-bond acceptors (Lipinski definition) is 3. The van der Waals surface area contributed by atoms with Crippen LogP contribution < -0.4 is 5.73 Å². The van der Waals surface area contributed by atoms with E-state index in [1.807, 2.05) is 36.4 Å². The number of terminal acetylenes is 2. The number of carbonyl (C=O) groups is 1. The van der Waals surface area contributed by atoms with Crippen molar-refractivity contribution < 1.29 is 9.53 Å². The quantitative estimate of drug-likeness (QED) is 0.786. The fourth-order valence-corrected chi connectivity index (χ4v) is 2.83. The monoisotopic (exact) mass is 396 g/mol. The molecular weight excluding hydrogens is 372 g/mol. The van der Waals surface area contributed by atoms with Gasteiger partial charge in [-0.1, -0.05) is 48.5 Å². The Morgan fingerprint density at radius 2 is 1.54 bits per heavy atom. The molecule has 1 aliphatic rings. The third kappa shape index (κ3) is 5.54. The molecule has 0 heterocycles. The van der Waals surface area contributed by atoms with Crippen molar-refractivity contribution in [1.29, 1.82) is 0 Å². The van der Waals surface area contributed by atoms with Gasteiger partial charge >= 0.3 is 6.09 Å². The topological polar surface area (TPSA) is 55.6 Å². The molecule has 0 aromatic heterocycles. The molecule has 28 heavy (non-hydrogen) atoms. The van der Waals surface area contributed by atoms with Gasteiger partial charge in [0.15, 0.2) is 6.10 Å². The molecule has 0 aliphatic heterocycles. The van der Waals surface area contributed by atoms with Crippen LogP contribution >= 0.6 is 12.4 Å². The van der Waals surface area contributed by atoms with E-state index in [1.165, 1.54) is 4.90 Å². The van der Waals surface area contributed by atoms with E-state index in [9.17, 15) is 4.79 Å². The zero-order chi connectivity index (χ0) is 19.6. The Morgan fingerprint density at radius 3 is 1.96 bits per heavy atom. The summed E-state index contributed by atoms with van der Waals surface area (Å²) in [6.07, 6.45) is 10.6. The van der Waals surface area contributed by atoms with Crippen LogP contribution in [0.4, 0.5) is 4.79 Å². The fraction of sp³-hybridized carbons (Fsp3) is 0.261. The van der Waals surface area contributed by atoms with Crippen LogP contribution in [-0.2, 0) is 4.74 Å². The first-order chi connectivity index (χ1) is 13.1. The molecule has 0 spiro atoms. The maximum absolute atomic E-state index is 12.3. The van der Waals surface area contributed by atoms with Gasteiger partial charge in [-0.2, -0.15) is 0 Å². The number of halogens is 1. The summed E-state index contributed by atoms with van der Waals surface area (Å²) in [6, 6.07) is 16.1. The van der Waals surface area contributed by atoms with Gasteiger partial charge in [-0.25, -0.2) is 4.79 Å². The highest BCUT2D eigenvalue weighted by molar-refractivity contribution is 5.85. The largest absolute Gasteiger partial charge is 0.436 e. The van der Waals surface area contributed by atoms with Crippen LogP contribution in [0.1, 0.15) is 30.1 Å². The average Bonchev–Trinajstić information content (AvgIpc) is 3.01. The standard InChI is InChI=1S/C19H17NO2.C4H7N.ClH/c1-3-4-13-20(2)19(21)22-18-16-11-7-5-9-14(16)15-10-6-8-12-17(15)18;1-2-3-4-5;/h1,5-12,18H,4,13H2,2H3;1H,3-5H2;1H. The van der Waals surface area contributed by atoms with E-state index in [0.29, 0.717) is 25.9 Å². The molecule has 0 atom stereocenters. The molecule has 0 saturated heterocycles. The molecule has 4 nitrogen and oxygen atoms in total. The molecule has 0 unspecified atom stereocenters. The number of ether oxygens (including phenoxy) is 1. The molecule has 0 radical (unpaired) electrons. The van der Waals surface area contributed by atoms with Gasteiger partial charge in [-0.3, -0.25) is 0 Å². The van der Waals surface area contributed by atoms with E-state index in [0.717, 1.165) is 22.3 Å². The van der Waals surface area contributed by atoms with Crippen LogP contribution in [0.15, 0.2) is 48.5 Å². The first kappa shape index (κ1) is 23.1. The summed E-state index contributed by atoms with van der Waals surface area (Å²) in [4.78, 5) is 13.8. The lowest BCUT2D eigenvalue weighted by molar-refractivity contribution is 0.0868. The van der Waals surface area contributed by atoms with Crippen molar-refractivity contribution >= 4 is 18.5 Å². The van der Waals surface area contributed by atoms with E-state index in [1.54, 1.807) is 7.05 Å². The van der Waals surface area contributed by atoms with Gasteiger partial charge < -0.3 is 15.4 Å². The number of rotatable bonds is 4. The summed E-state index contributed by atoms with van der Waals surface area (Å²) in [6.45, 7) is 1.10. The van der Waals surface area contributed by atoms with E-state index < -0.39 is 0 Å². The number of nitrogens with two attached hydrogens (primary N) is 1. The Balaban J connectivity index is 0.000000584. The van der Waals surface area contributed by atoms with E-state index in [4.69, 9.17) is 23.3 Å². The smallest absolute Gasteiger partial charge is 0.410 e. The molecule has 2 aromatic rings. The summed E-state index contributed by atoms with van der Waals surface area (Å²) in [5.41, 5.74) is 9.31. The summed E-state index contributed by atoms with van der Waals surface area (Å²) in [7, 11) is 1.70. The number of amides is 1. The lowest BCUT2D eigenvalue weighted by Gasteiger charge is -2.20. The number of carbonyl (C=O) groups excluding carboxylic acids is 1. The van der Waals surface area contributed by atoms with Crippen molar-refractivity contribution in [3.63, 3.8) is 0 Å². The maximum atomic E-state index is 12.3. The number of nitrogens with zero attached hydrogens (tertiary/aromatic N) is 1. The SMILES string of the molecule is C#CCCN.C#CCCN(C)C(=O)OC1c2ccccc2-c2ccccc21.Cl. The highest BCUT2D eigenvalue weighted by Crippen LogP contribution is 2.45. The molecular formula is C23H25ClN2O2. The van der Waals surface area contributed by atoms with Gasteiger partial charge in [0.2, 0.25) is 0 Å². The summed E-state index contributed by atoms with van der Waals surface area (Å²) >= 11 is 0. The van der Waals surface area contributed by atoms with Crippen LogP contribution in [0.2, 0.25) is 0 Å². The van der Waals surface area contributed by atoms with Crippen molar-refractivity contribution in [1.82, 2.24) is 4.90 Å². The van der Waals surface area contributed by atoms with Gasteiger partial charge in [-0.05, 0) is 11.1 Å². The summed E-state index contributed by atoms with van der Waals surface area (Å²) < 4.78 is 5.74. The Kier molecular flexibility index (Phi) is 9.68. The van der Waals surface area contributed by atoms with Crippen molar-refractivity contribution in [3.05, 3.63) is 59.7 Å². The second-order valence-electron chi connectivity index (χ2n) is 6.06. The zero-order valence-electron chi connectivity index (χ0n) is 15.9. The van der Waals surface area contributed by atoms with Gasteiger partial charge in [-0.15, -0.1) is 37.1 Å². The molecule has 1 aliphatic carbocycles. The number of benzene rings is 2. The van der Waals surface area contributed by atoms with Crippen LogP contribution in [0.3, 0.4) is 0 Å². The summed E-state index contributed by atoms with van der Waals surface area (Å²) in [5.74, 6) is 4.92. The fourth-order valence-electron chi connectivity index (χ4n) is 2.83. The predicted molar refractivity (Wildman–Crippen MR) is 116 cm³/mol. The molecule has 1 amide bonds. The first-order valence-corrected chi connectivity index (χ1v) is 8.81. The molecule has 0 bridgehead atoms. The van der Waals surface area contributed by atoms with Crippen molar-refractivity contribution in [2.24, 2.45) is 5.73 Å². The highest BCUT2D eigenvalue weighted by Gasteiger charge is 2.31. The molecule has 5 heteroatoms. The molecule has 0 saturated carbocycles. The number of hydrogen-bond donors (Lipinski definition) is 1.